The normalized spacial score (nSPS) is 17.5. The second-order valence-electron chi connectivity index (χ2n) is 4.33. The van der Waals surface area contributed by atoms with Crippen LogP contribution in [0.25, 0.3) is 0 Å². The molecule has 8 heteroatoms. The Bertz CT molecular complexity index is 543. The maximum atomic E-state index is 11.9. The van der Waals surface area contributed by atoms with Crippen LogP contribution in [0.5, 0.6) is 0 Å². The van der Waals surface area contributed by atoms with E-state index in [0.717, 1.165) is 25.0 Å². The standard InChI is InChI=1S/C11H15NO6S/c13-11(14)9-1-2-10(18-9)19(15,16)12-7-8-3-5-17-6-4-8/h1-2,8,12H,3-7H2,(H,13,14). The maximum absolute atomic E-state index is 11.9. The van der Waals surface area contributed by atoms with E-state index in [-0.39, 0.29) is 11.0 Å². The van der Waals surface area contributed by atoms with Crippen LogP contribution in [0.2, 0.25) is 0 Å². The Kier molecular flexibility index (Phi) is 4.23. The third-order valence-electron chi connectivity index (χ3n) is 2.96. The van der Waals surface area contributed by atoms with Crippen LogP contribution in [0.4, 0.5) is 0 Å². The van der Waals surface area contributed by atoms with Crippen LogP contribution in [0, 0.1) is 5.92 Å². The minimum atomic E-state index is -3.79. The number of sulfonamides is 1. The highest BCUT2D eigenvalue weighted by Gasteiger charge is 2.23. The van der Waals surface area contributed by atoms with Gasteiger partial charge in [-0.15, -0.1) is 0 Å². The number of carboxylic acid groups (broad SMARTS) is 1. The molecular weight excluding hydrogens is 274 g/mol. The van der Waals surface area contributed by atoms with Gasteiger partial charge in [0.15, 0.2) is 0 Å². The Morgan fingerprint density at radius 3 is 2.63 bits per heavy atom. The molecule has 0 radical (unpaired) electrons. The summed E-state index contributed by atoms with van der Waals surface area (Å²) in [6, 6.07) is 2.25. The van der Waals surface area contributed by atoms with Gasteiger partial charge in [0.2, 0.25) is 10.9 Å². The summed E-state index contributed by atoms with van der Waals surface area (Å²) >= 11 is 0. The zero-order chi connectivity index (χ0) is 13.9. The molecule has 1 saturated heterocycles. The lowest BCUT2D eigenvalue weighted by Crippen LogP contribution is -2.32. The van der Waals surface area contributed by atoms with Gasteiger partial charge in [-0.05, 0) is 30.9 Å². The van der Waals surface area contributed by atoms with Gasteiger partial charge in [0.1, 0.15) is 0 Å². The third-order valence-corrected chi connectivity index (χ3v) is 4.26. The highest BCUT2D eigenvalue weighted by Crippen LogP contribution is 2.17. The molecule has 0 saturated carbocycles. The topological polar surface area (TPSA) is 106 Å². The Labute approximate surface area is 110 Å². The molecule has 1 fully saturated rings. The quantitative estimate of drug-likeness (QED) is 0.825. The first kappa shape index (κ1) is 14.0. The smallest absolute Gasteiger partial charge is 0.371 e. The summed E-state index contributed by atoms with van der Waals surface area (Å²) in [6.45, 7) is 1.57. The SMILES string of the molecule is O=C(O)c1ccc(S(=O)(=O)NCC2CCOCC2)o1. The second kappa shape index (κ2) is 5.72. The van der Waals surface area contributed by atoms with Crippen molar-refractivity contribution >= 4 is 16.0 Å². The van der Waals surface area contributed by atoms with Gasteiger partial charge >= 0.3 is 5.97 Å². The predicted octanol–water partition coefficient (Wildman–Crippen LogP) is 0.683. The molecule has 0 unspecified atom stereocenters. The minimum absolute atomic E-state index is 0.234. The molecule has 0 atom stereocenters. The van der Waals surface area contributed by atoms with Crippen LogP contribution in [-0.4, -0.2) is 39.3 Å². The van der Waals surface area contributed by atoms with Crippen LogP contribution in [0.3, 0.4) is 0 Å². The first-order chi connectivity index (χ1) is 8.99. The van der Waals surface area contributed by atoms with Crippen molar-refractivity contribution in [3.05, 3.63) is 17.9 Å². The average molecular weight is 289 g/mol. The molecule has 7 nitrogen and oxygen atoms in total. The second-order valence-corrected chi connectivity index (χ2v) is 6.03. The molecule has 1 aliphatic rings. The monoisotopic (exact) mass is 289 g/mol. The van der Waals surface area contributed by atoms with Crippen molar-refractivity contribution in [2.45, 2.75) is 17.9 Å². The van der Waals surface area contributed by atoms with Crippen LogP contribution < -0.4 is 4.72 Å². The van der Waals surface area contributed by atoms with Crippen molar-refractivity contribution in [1.82, 2.24) is 4.72 Å². The number of hydrogen-bond acceptors (Lipinski definition) is 5. The lowest BCUT2D eigenvalue weighted by molar-refractivity contribution is 0.0654. The summed E-state index contributed by atoms with van der Waals surface area (Å²) in [5, 5.41) is 8.30. The summed E-state index contributed by atoms with van der Waals surface area (Å²) in [6.07, 6.45) is 1.61. The summed E-state index contributed by atoms with van der Waals surface area (Å²) in [7, 11) is -3.79. The van der Waals surface area contributed by atoms with Crippen molar-refractivity contribution in [1.29, 1.82) is 0 Å². The van der Waals surface area contributed by atoms with Crippen LogP contribution >= 0.6 is 0 Å². The highest BCUT2D eigenvalue weighted by molar-refractivity contribution is 7.89. The van der Waals surface area contributed by atoms with E-state index in [9.17, 15) is 13.2 Å². The van der Waals surface area contributed by atoms with E-state index in [1.165, 1.54) is 0 Å². The van der Waals surface area contributed by atoms with E-state index in [0.29, 0.717) is 19.8 Å². The maximum Gasteiger partial charge on any atom is 0.371 e. The van der Waals surface area contributed by atoms with Gasteiger partial charge < -0.3 is 14.3 Å². The number of rotatable bonds is 5. The van der Waals surface area contributed by atoms with Gasteiger partial charge in [-0.25, -0.2) is 17.9 Å². The Morgan fingerprint density at radius 2 is 2.05 bits per heavy atom. The van der Waals surface area contributed by atoms with Gasteiger partial charge in [-0.1, -0.05) is 0 Å². The Hall–Kier alpha value is -1.38. The summed E-state index contributed by atoms with van der Waals surface area (Å²) in [5.74, 6) is -1.46. The molecule has 0 spiro atoms. The highest BCUT2D eigenvalue weighted by atomic mass is 32.2. The molecule has 19 heavy (non-hydrogen) atoms. The molecule has 2 N–H and O–H groups in total. The van der Waals surface area contributed by atoms with E-state index in [1.54, 1.807) is 0 Å². The number of hydrogen-bond donors (Lipinski definition) is 2. The molecule has 0 amide bonds. The van der Waals surface area contributed by atoms with Crippen molar-refractivity contribution in [2.24, 2.45) is 5.92 Å². The van der Waals surface area contributed by atoms with E-state index >= 15 is 0 Å². The number of carbonyl (C=O) groups is 1. The average Bonchev–Trinajstić information content (AvgIpc) is 2.88. The molecule has 1 aromatic heterocycles. The van der Waals surface area contributed by atoms with Gasteiger partial charge in [-0.2, -0.15) is 0 Å². The number of furan rings is 1. The van der Waals surface area contributed by atoms with Crippen LogP contribution in [0.1, 0.15) is 23.4 Å². The van der Waals surface area contributed by atoms with Crippen molar-refractivity contribution < 1.29 is 27.5 Å². The molecule has 0 bridgehead atoms. The number of carboxylic acids is 1. The van der Waals surface area contributed by atoms with Crippen molar-refractivity contribution in [3.63, 3.8) is 0 Å². The number of ether oxygens (including phenoxy) is 1. The first-order valence-electron chi connectivity index (χ1n) is 5.89. The van der Waals surface area contributed by atoms with E-state index in [1.807, 2.05) is 0 Å². The fourth-order valence-corrected chi connectivity index (χ4v) is 2.87. The molecule has 1 aromatic rings. The zero-order valence-corrected chi connectivity index (χ0v) is 11.0. The predicted molar refractivity (Wildman–Crippen MR) is 64.4 cm³/mol. The van der Waals surface area contributed by atoms with E-state index < -0.39 is 21.8 Å². The Morgan fingerprint density at radius 1 is 1.37 bits per heavy atom. The van der Waals surface area contributed by atoms with Gasteiger partial charge in [-0.3, -0.25) is 0 Å². The number of aromatic carboxylic acids is 1. The van der Waals surface area contributed by atoms with Crippen LogP contribution in [0.15, 0.2) is 21.6 Å². The first-order valence-corrected chi connectivity index (χ1v) is 7.38. The summed E-state index contributed by atoms with van der Waals surface area (Å²) in [4.78, 5) is 10.6. The molecule has 1 aliphatic heterocycles. The van der Waals surface area contributed by atoms with Crippen LogP contribution in [-0.2, 0) is 14.8 Å². The van der Waals surface area contributed by atoms with Gasteiger partial charge in [0.25, 0.3) is 10.0 Å². The van der Waals surface area contributed by atoms with Crippen molar-refractivity contribution in [2.75, 3.05) is 19.8 Å². The molecule has 0 aromatic carbocycles. The Balaban J connectivity index is 1.98. The summed E-state index contributed by atoms with van der Waals surface area (Å²) < 4.78 is 36.2. The van der Waals surface area contributed by atoms with E-state index in [4.69, 9.17) is 14.3 Å². The molecular formula is C11H15NO6S. The zero-order valence-electron chi connectivity index (χ0n) is 10.2. The fraction of sp³-hybridized carbons (Fsp3) is 0.545. The molecule has 106 valence electrons. The van der Waals surface area contributed by atoms with Gasteiger partial charge in [0, 0.05) is 19.8 Å². The lowest BCUT2D eigenvalue weighted by Gasteiger charge is -2.21. The third kappa shape index (κ3) is 3.55. The molecule has 0 aliphatic carbocycles. The van der Waals surface area contributed by atoms with Gasteiger partial charge in [0.05, 0.1) is 0 Å². The largest absolute Gasteiger partial charge is 0.475 e. The van der Waals surface area contributed by atoms with Crippen molar-refractivity contribution in [3.8, 4) is 0 Å². The fourth-order valence-electron chi connectivity index (χ4n) is 1.83. The number of nitrogens with one attached hydrogen (secondary N) is 1. The molecule has 2 heterocycles. The van der Waals surface area contributed by atoms with E-state index in [2.05, 4.69) is 4.72 Å². The molecule has 2 rings (SSSR count). The minimum Gasteiger partial charge on any atom is -0.475 e. The lowest BCUT2D eigenvalue weighted by atomic mass is 10.0. The summed E-state index contributed by atoms with van der Waals surface area (Å²) in [5.41, 5.74) is 0.